The van der Waals surface area contributed by atoms with Crippen molar-refractivity contribution in [1.29, 1.82) is 0 Å². The number of hydrogen-bond donors (Lipinski definition) is 1. The summed E-state index contributed by atoms with van der Waals surface area (Å²) in [6.07, 6.45) is -0.790. The van der Waals surface area contributed by atoms with Crippen LogP contribution >= 0.6 is 0 Å². The van der Waals surface area contributed by atoms with Gasteiger partial charge in [0.1, 0.15) is 11.6 Å². The number of fused-ring (bicyclic) bond motifs is 1. The summed E-state index contributed by atoms with van der Waals surface area (Å²) in [5.74, 6) is -3.20. The fourth-order valence-corrected chi connectivity index (χ4v) is 2.68. The molecule has 5 heteroatoms. The molecule has 3 rings (SSSR count). The van der Waals surface area contributed by atoms with Crippen molar-refractivity contribution >= 4 is 0 Å². The summed E-state index contributed by atoms with van der Waals surface area (Å²) in [6.45, 7) is 0.379. The number of ether oxygens (including phenoxy) is 1. The van der Waals surface area contributed by atoms with Crippen LogP contribution in [-0.4, -0.2) is 11.7 Å². The molecule has 1 aliphatic rings. The van der Waals surface area contributed by atoms with E-state index in [0.717, 1.165) is 5.56 Å². The third kappa shape index (κ3) is 2.49. The Morgan fingerprint density at radius 1 is 1.05 bits per heavy atom. The Morgan fingerprint density at radius 3 is 2.57 bits per heavy atom. The number of halogens is 3. The summed E-state index contributed by atoms with van der Waals surface area (Å²) < 4.78 is 45.6. The fraction of sp³-hybridized carbons (Fsp3) is 0.250. The summed E-state index contributed by atoms with van der Waals surface area (Å²) in [4.78, 5) is 0. The highest BCUT2D eigenvalue weighted by atomic mass is 19.2. The molecule has 110 valence electrons. The standard InChI is InChI=1S/C16H13F3O2/c17-12-8-14(19)13(18)7-11(12)16(20)10-5-6-21-15-4-2-1-3-9(10)15/h1-4,7-8,10,16,20H,5-6H2. The van der Waals surface area contributed by atoms with Crippen LogP contribution in [0.1, 0.15) is 29.6 Å². The summed E-state index contributed by atoms with van der Waals surface area (Å²) in [6, 6.07) is 8.29. The topological polar surface area (TPSA) is 29.5 Å². The molecule has 1 N–H and O–H groups in total. The summed E-state index contributed by atoms with van der Waals surface area (Å²) in [7, 11) is 0. The minimum Gasteiger partial charge on any atom is -0.493 e. The SMILES string of the molecule is OC(c1cc(F)c(F)cc1F)C1CCOc2ccccc21. The first-order valence-electron chi connectivity index (χ1n) is 6.62. The van der Waals surface area contributed by atoms with Gasteiger partial charge in [-0.25, -0.2) is 13.2 Å². The van der Waals surface area contributed by atoms with Crippen molar-refractivity contribution in [1.82, 2.24) is 0 Å². The lowest BCUT2D eigenvalue weighted by molar-refractivity contribution is 0.113. The quantitative estimate of drug-likeness (QED) is 0.856. The third-order valence-corrected chi connectivity index (χ3v) is 3.74. The van der Waals surface area contributed by atoms with Crippen LogP contribution in [0.3, 0.4) is 0 Å². The van der Waals surface area contributed by atoms with Crippen LogP contribution in [0, 0.1) is 17.5 Å². The lowest BCUT2D eigenvalue weighted by Gasteiger charge is -2.29. The molecule has 1 heterocycles. The average molecular weight is 294 g/mol. The molecule has 2 unspecified atom stereocenters. The highest BCUT2D eigenvalue weighted by Gasteiger charge is 2.30. The van der Waals surface area contributed by atoms with Gasteiger partial charge >= 0.3 is 0 Å². The Labute approximate surface area is 119 Å². The summed E-state index contributed by atoms with van der Waals surface area (Å²) >= 11 is 0. The van der Waals surface area contributed by atoms with Gasteiger partial charge in [-0.15, -0.1) is 0 Å². The van der Waals surface area contributed by atoms with Crippen LogP contribution in [0.15, 0.2) is 36.4 Å². The molecular formula is C16H13F3O2. The molecule has 0 amide bonds. The van der Waals surface area contributed by atoms with Crippen molar-refractivity contribution in [3.8, 4) is 5.75 Å². The van der Waals surface area contributed by atoms with E-state index in [1.165, 1.54) is 0 Å². The van der Waals surface area contributed by atoms with Gasteiger partial charge in [-0.3, -0.25) is 0 Å². The van der Waals surface area contributed by atoms with E-state index in [-0.39, 0.29) is 5.56 Å². The Bertz CT molecular complexity index is 673. The van der Waals surface area contributed by atoms with Gasteiger partial charge in [0.25, 0.3) is 0 Å². The maximum atomic E-state index is 13.8. The van der Waals surface area contributed by atoms with Gasteiger partial charge in [0, 0.05) is 23.1 Å². The molecule has 0 saturated carbocycles. The van der Waals surface area contributed by atoms with E-state index in [4.69, 9.17) is 4.74 Å². The zero-order chi connectivity index (χ0) is 15.0. The van der Waals surface area contributed by atoms with Gasteiger partial charge in [-0.2, -0.15) is 0 Å². The van der Waals surface area contributed by atoms with Crippen molar-refractivity contribution in [2.45, 2.75) is 18.4 Å². The third-order valence-electron chi connectivity index (χ3n) is 3.74. The van der Waals surface area contributed by atoms with Gasteiger partial charge in [-0.05, 0) is 18.6 Å². The van der Waals surface area contributed by atoms with E-state index in [1.807, 2.05) is 0 Å². The number of aliphatic hydroxyl groups excluding tert-OH is 1. The number of para-hydroxylation sites is 1. The smallest absolute Gasteiger partial charge is 0.161 e. The van der Waals surface area contributed by atoms with Crippen molar-refractivity contribution < 1.29 is 23.0 Å². The number of aliphatic hydroxyl groups is 1. The van der Waals surface area contributed by atoms with E-state index < -0.39 is 29.5 Å². The van der Waals surface area contributed by atoms with Crippen molar-refractivity contribution in [3.05, 3.63) is 65.0 Å². The van der Waals surface area contributed by atoms with E-state index in [2.05, 4.69) is 0 Å². The molecule has 0 saturated heterocycles. The highest BCUT2D eigenvalue weighted by Crippen LogP contribution is 2.41. The lowest BCUT2D eigenvalue weighted by atomic mass is 9.85. The average Bonchev–Trinajstić information content (AvgIpc) is 2.49. The number of benzene rings is 2. The zero-order valence-electron chi connectivity index (χ0n) is 11.0. The predicted molar refractivity (Wildman–Crippen MR) is 70.6 cm³/mol. The molecule has 0 fully saturated rings. The molecule has 0 bridgehead atoms. The molecule has 0 radical (unpaired) electrons. The second-order valence-electron chi connectivity index (χ2n) is 5.01. The Kier molecular flexibility index (Phi) is 3.59. The van der Waals surface area contributed by atoms with E-state index in [9.17, 15) is 18.3 Å². The molecule has 0 aliphatic carbocycles. The minimum atomic E-state index is -1.27. The number of hydrogen-bond acceptors (Lipinski definition) is 2. The van der Waals surface area contributed by atoms with Crippen LogP contribution in [-0.2, 0) is 0 Å². The molecule has 0 spiro atoms. The van der Waals surface area contributed by atoms with E-state index in [0.29, 0.717) is 30.9 Å². The molecule has 1 aliphatic heterocycles. The first-order valence-corrected chi connectivity index (χ1v) is 6.62. The normalized spacial score (nSPS) is 18.8. The molecule has 2 aromatic carbocycles. The molecule has 2 aromatic rings. The molecule has 0 aromatic heterocycles. The van der Waals surface area contributed by atoms with Gasteiger partial charge < -0.3 is 9.84 Å². The summed E-state index contributed by atoms with van der Waals surface area (Å²) in [5.41, 5.74) is 0.496. The van der Waals surface area contributed by atoms with Gasteiger partial charge in [0.2, 0.25) is 0 Å². The molecular weight excluding hydrogens is 281 g/mol. The van der Waals surface area contributed by atoms with Crippen LogP contribution < -0.4 is 4.74 Å². The van der Waals surface area contributed by atoms with Crippen molar-refractivity contribution in [2.24, 2.45) is 0 Å². The van der Waals surface area contributed by atoms with Crippen molar-refractivity contribution in [2.75, 3.05) is 6.61 Å². The van der Waals surface area contributed by atoms with Crippen LogP contribution in [0.4, 0.5) is 13.2 Å². The molecule has 2 nitrogen and oxygen atoms in total. The zero-order valence-corrected chi connectivity index (χ0v) is 11.0. The second kappa shape index (κ2) is 5.41. The monoisotopic (exact) mass is 294 g/mol. The van der Waals surface area contributed by atoms with Crippen LogP contribution in [0.2, 0.25) is 0 Å². The Morgan fingerprint density at radius 2 is 1.76 bits per heavy atom. The predicted octanol–water partition coefficient (Wildman–Crippen LogP) is 3.70. The van der Waals surface area contributed by atoms with E-state index in [1.54, 1.807) is 24.3 Å². The fourth-order valence-electron chi connectivity index (χ4n) is 2.68. The van der Waals surface area contributed by atoms with Crippen molar-refractivity contribution in [3.63, 3.8) is 0 Å². The highest BCUT2D eigenvalue weighted by molar-refractivity contribution is 5.40. The first kappa shape index (κ1) is 13.9. The van der Waals surface area contributed by atoms with Crippen LogP contribution in [0.25, 0.3) is 0 Å². The lowest BCUT2D eigenvalue weighted by Crippen LogP contribution is -2.21. The van der Waals surface area contributed by atoms with Gasteiger partial charge in [0.05, 0.1) is 12.7 Å². The maximum Gasteiger partial charge on any atom is 0.161 e. The summed E-state index contributed by atoms with van der Waals surface area (Å²) in [5, 5.41) is 10.4. The minimum absolute atomic E-state index is 0.240. The maximum absolute atomic E-state index is 13.8. The number of rotatable bonds is 2. The van der Waals surface area contributed by atoms with Gasteiger partial charge in [0.15, 0.2) is 11.6 Å². The van der Waals surface area contributed by atoms with Crippen LogP contribution in [0.5, 0.6) is 5.75 Å². The molecule has 21 heavy (non-hydrogen) atoms. The largest absolute Gasteiger partial charge is 0.493 e. The Hall–Kier alpha value is -2.01. The van der Waals surface area contributed by atoms with E-state index >= 15 is 0 Å². The second-order valence-corrected chi connectivity index (χ2v) is 5.01. The molecule has 2 atom stereocenters. The Balaban J connectivity index is 2.00. The first-order chi connectivity index (χ1) is 10.1. The van der Waals surface area contributed by atoms with Gasteiger partial charge in [-0.1, -0.05) is 18.2 Å².